The normalized spacial score (nSPS) is 10.8. The number of benzene rings is 1. The summed E-state index contributed by atoms with van der Waals surface area (Å²) in [6, 6.07) is 5.31. The summed E-state index contributed by atoms with van der Waals surface area (Å²) in [5.74, 6) is -0.00930. The van der Waals surface area contributed by atoms with E-state index < -0.39 is 5.97 Å². The third-order valence-electron chi connectivity index (χ3n) is 3.09. The predicted molar refractivity (Wildman–Crippen MR) is 87.8 cm³/mol. The van der Waals surface area contributed by atoms with Gasteiger partial charge in [0.05, 0.1) is 0 Å². The molecule has 0 aliphatic rings. The van der Waals surface area contributed by atoms with Crippen LogP contribution >= 0.6 is 11.8 Å². The summed E-state index contributed by atoms with van der Waals surface area (Å²) in [7, 11) is 0. The Morgan fingerprint density at radius 2 is 2.10 bits per heavy atom. The second-order valence-electron chi connectivity index (χ2n) is 4.65. The summed E-state index contributed by atoms with van der Waals surface area (Å²) in [4.78, 5) is 22.7. The van der Waals surface area contributed by atoms with Crippen molar-refractivity contribution in [2.75, 3.05) is 18.6 Å². The molecule has 0 fully saturated rings. The highest BCUT2D eigenvalue weighted by molar-refractivity contribution is 7.98. The second-order valence-corrected chi connectivity index (χ2v) is 5.63. The van der Waals surface area contributed by atoms with Crippen LogP contribution in [0.5, 0.6) is 0 Å². The topological polar surface area (TPSA) is 66.4 Å². The molecule has 0 saturated carbocycles. The predicted octanol–water partition coefficient (Wildman–Crippen LogP) is 2.97. The standard InChI is InChI=1S/C16H21NO3S/c1-12-13(8-9-15(18)19)6-5-7-14(12)16(20)17-10-3-4-11-21-2/h5-9H,3-4,10-11H2,1-2H3,(H,17,20)(H,18,19)/b9-8+. The van der Waals surface area contributed by atoms with E-state index in [-0.39, 0.29) is 5.91 Å². The van der Waals surface area contributed by atoms with Crippen LogP contribution in [0.4, 0.5) is 0 Å². The largest absolute Gasteiger partial charge is 0.478 e. The van der Waals surface area contributed by atoms with Gasteiger partial charge in [0, 0.05) is 18.2 Å². The molecule has 21 heavy (non-hydrogen) atoms. The molecule has 0 unspecified atom stereocenters. The first-order chi connectivity index (χ1) is 10.1. The molecule has 5 heteroatoms. The highest BCUT2D eigenvalue weighted by atomic mass is 32.2. The van der Waals surface area contributed by atoms with E-state index in [1.165, 1.54) is 6.08 Å². The highest BCUT2D eigenvalue weighted by Crippen LogP contribution is 2.15. The number of rotatable bonds is 8. The molecule has 2 N–H and O–H groups in total. The molecule has 1 aromatic carbocycles. The number of thioether (sulfide) groups is 1. The molecular formula is C16H21NO3S. The fraction of sp³-hybridized carbons (Fsp3) is 0.375. The zero-order valence-corrected chi connectivity index (χ0v) is 13.2. The van der Waals surface area contributed by atoms with Gasteiger partial charge >= 0.3 is 5.97 Å². The van der Waals surface area contributed by atoms with Crippen LogP contribution in [0.1, 0.15) is 34.3 Å². The number of hydrogen-bond donors (Lipinski definition) is 2. The molecule has 0 aliphatic carbocycles. The number of unbranched alkanes of at least 4 members (excludes halogenated alkanes) is 1. The quantitative estimate of drug-likeness (QED) is 0.572. The first-order valence-corrected chi connectivity index (χ1v) is 8.23. The first kappa shape index (κ1) is 17.3. The number of carboxylic acids is 1. The molecule has 1 amide bonds. The zero-order valence-electron chi connectivity index (χ0n) is 12.4. The Bertz CT molecular complexity index is 526. The van der Waals surface area contributed by atoms with Crippen molar-refractivity contribution in [3.63, 3.8) is 0 Å². The zero-order chi connectivity index (χ0) is 15.7. The highest BCUT2D eigenvalue weighted by Gasteiger charge is 2.10. The number of hydrogen-bond acceptors (Lipinski definition) is 3. The fourth-order valence-electron chi connectivity index (χ4n) is 1.91. The molecule has 0 aliphatic heterocycles. The third kappa shape index (κ3) is 6.04. The lowest BCUT2D eigenvalue weighted by atomic mass is 10.0. The van der Waals surface area contributed by atoms with Gasteiger partial charge in [0.1, 0.15) is 0 Å². The molecule has 1 aromatic rings. The van der Waals surface area contributed by atoms with Crippen LogP contribution in [0.15, 0.2) is 24.3 Å². The van der Waals surface area contributed by atoms with E-state index in [9.17, 15) is 9.59 Å². The van der Waals surface area contributed by atoms with Gasteiger partial charge < -0.3 is 10.4 Å². The smallest absolute Gasteiger partial charge is 0.328 e. The van der Waals surface area contributed by atoms with Crippen molar-refractivity contribution in [3.8, 4) is 0 Å². The first-order valence-electron chi connectivity index (χ1n) is 6.84. The van der Waals surface area contributed by atoms with Crippen molar-refractivity contribution >= 4 is 29.7 Å². The monoisotopic (exact) mass is 307 g/mol. The van der Waals surface area contributed by atoms with Gasteiger partial charge in [-0.05, 0) is 55.0 Å². The summed E-state index contributed by atoms with van der Waals surface area (Å²) >= 11 is 1.80. The average molecular weight is 307 g/mol. The molecular weight excluding hydrogens is 286 g/mol. The van der Waals surface area contributed by atoms with Crippen LogP contribution in [0, 0.1) is 6.92 Å². The van der Waals surface area contributed by atoms with Gasteiger partial charge in [-0.25, -0.2) is 4.79 Å². The molecule has 0 saturated heterocycles. The third-order valence-corrected chi connectivity index (χ3v) is 3.78. The fourth-order valence-corrected chi connectivity index (χ4v) is 2.40. The maximum Gasteiger partial charge on any atom is 0.328 e. The van der Waals surface area contributed by atoms with Crippen molar-refractivity contribution in [2.45, 2.75) is 19.8 Å². The van der Waals surface area contributed by atoms with Gasteiger partial charge in [-0.1, -0.05) is 12.1 Å². The van der Waals surface area contributed by atoms with Crippen LogP contribution in [0.3, 0.4) is 0 Å². The lowest BCUT2D eigenvalue weighted by Crippen LogP contribution is -2.25. The molecule has 0 spiro atoms. The van der Waals surface area contributed by atoms with E-state index in [0.29, 0.717) is 12.1 Å². The van der Waals surface area contributed by atoms with Crippen LogP contribution < -0.4 is 5.32 Å². The number of amides is 1. The van der Waals surface area contributed by atoms with Crippen LogP contribution in [0.25, 0.3) is 6.08 Å². The Labute approximate surface area is 129 Å². The number of carbonyl (C=O) groups excluding carboxylic acids is 1. The minimum atomic E-state index is -1.00. The number of carboxylic acid groups (broad SMARTS) is 1. The minimum absolute atomic E-state index is 0.109. The van der Waals surface area contributed by atoms with Crippen molar-refractivity contribution < 1.29 is 14.7 Å². The van der Waals surface area contributed by atoms with Gasteiger partial charge in [-0.3, -0.25) is 4.79 Å². The molecule has 0 bridgehead atoms. The number of carbonyl (C=O) groups is 2. The van der Waals surface area contributed by atoms with Crippen LogP contribution in [-0.2, 0) is 4.79 Å². The molecule has 0 radical (unpaired) electrons. The van der Waals surface area contributed by atoms with Gasteiger partial charge in [-0.15, -0.1) is 0 Å². The van der Waals surface area contributed by atoms with Crippen molar-refractivity contribution in [2.24, 2.45) is 0 Å². The maximum atomic E-state index is 12.1. The van der Waals surface area contributed by atoms with Gasteiger partial charge in [0.25, 0.3) is 5.91 Å². The Morgan fingerprint density at radius 3 is 2.76 bits per heavy atom. The van der Waals surface area contributed by atoms with Gasteiger partial charge in [-0.2, -0.15) is 11.8 Å². The Hall–Kier alpha value is -1.75. The summed E-state index contributed by atoms with van der Waals surface area (Å²) in [5, 5.41) is 11.6. The number of nitrogens with one attached hydrogen (secondary N) is 1. The molecule has 114 valence electrons. The lowest BCUT2D eigenvalue weighted by Gasteiger charge is -2.09. The number of aliphatic carboxylic acids is 1. The second kappa shape index (κ2) is 9.23. The Morgan fingerprint density at radius 1 is 1.33 bits per heavy atom. The molecule has 0 heterocycles. The van der Waals surface area contributed by atoms with E-state index in [1.807, 2.05) is 6.92 Å². The molecule has 4 nitrogen and oxygen atoms in total. The van der Waals surface area contributed by atoms with Crippen molar-refractivity contribution in [1.29, 1.82) is 0 Å². The maximum absolute atomic E-state index is 12.1. The molecule has 0 aromatic heterocycles. The Kier molecular flexibility index (Phi) is 7.61. The van der Waals surface area contributed by atoms with Crippen LogP contribution in [-0.4, -0.2) is 35.5 Å². The summed E-state index contributed by atoms with van der Waals surface area (Å²) in [6.45, 7) is 2.48. The SMILES string of the molecule is CSCCCCNC(=O)c1cccc(/C=C/C(=O)O)c1C. The lowest BCUT2D eigenvalue weighted by molar-refractivity contribution is -0.131. The Balaban J connectivity index is 2.67. The summed E-state index contributed by atoms with van der Waals surface area (Å²) in [6.07, 6.45) is 6.70. The summed E-state index contributed by atoms with van der Waals surface area (Å²) < 4.78 is 0. The molecule has 1 rings (SSSR count). The minimum Gasteiger partial charge on any atom is -0.478 e. The summed E-state index contributed by atoms with van der Waals surface area (Å²) in [5.41, 5.74) is 2.12. The van der Waals surface area contributed by atoms with Gasteiger partial charge in [0.15, 0.2) is 0 Å². The van der Waals surface area contributed by atoms with E-state index in [0.717, 1.165) is 35.8 Å². The van der Waals surface area contributed by atoms with E-state index in [1.54, 1.807) is 30.0 Å². The van der Waals surface area contributed by atoms with E-state index >= 15 is 0 Å². The van der Waals surface area contributed by atoms with E-state index in [2.05, 4.69) is 11.6 Å². The van der Waals surface area contributed by atoms with Crippen LogP contribution in [0.2, 0.25) is 0 Å². The average Bonchev–Trinajstić information content (AvgIpc) is 2.45. The molecule has 0 atom stereocenters. The van der Waals surface area contributed by atoms with Crippen molar-refractivity contribution in [3.05, 3.63) is 41.0 Å². The van der Waals surface area contributed by atoms with E-state index in [4.69, 9.17) is 5.11 Å². The van der Waals surface area contributed by atoms with Crippen molar-refractivity contribution in [1.82, 2.24) is 5.32 Å². The van der Waals surface area contributed by atoms with Gasteiger partial charge in [0.2, 0.25) is 0 Å².